The molecule has 0 unspecified atom stereocenters. The summed E-state index contributed by atoms with van der Waals surface area (Å²) in [6.45, 7) is -0.495. The molecule has 34 heavy (non-hydrogen) atoms. The maximum atomic E-state index is 13.3. The van der Waals surface area contributed by atoms with Crippen LogP contribution in [0.5, 0.6) is 0 Å². The van der Waals surface area contributed by atoms with Crippen molar-refractivity contribution < 1.29 is 22.4 Å². The molecule has 0 saturated heterocycles. The first-order valence-corrected chi connectivity index (χ1v) is 10.9. The van der Waals surface area contributed by atoms with Crippen LogP contribution in [0.25, 0.3) is 11.3 Å². The van der Waals surface area contributed by atoms with Gasteiger partial charge < -0.3 is 4.57 Å². The number of anilines is 1. The van der Waals surface area contributed by atoms with Gasteiger partial charge in [-0.2, -0.15) is 13.2 Å². The molecule has 0 saturated carbocycles. The van der Waals surface area contributed by atoms with E-state index in [1.165, 1.54) is 17.0 Å². The second-order valence-corrected chi connectivity index (χ2v) is 8.21. The summed E-state index contributed by atoms with van der Waals surface area (Å²) in [5.41, 5.74) is 0.174. The zero-order valence-electron chi connectivity index (χ0n) is 17.5. The lowest BCUT2D eigenvalue weighted by Crippen LogP contribution is -2.36. The van der Waals surface area contributed by atoms with Crippen LogP contribution in [0.3, 0.4) is 0 Å². The molecule has 4 aromatic rings. The Kier molecular flexibility index (Phi) is 6.60. The van der Waals surface area contributed by atoms with Crippen LogP contribution in [0.2, 0.25) is 0 Å². The number of aromatic nitrogens is 2. The van der Waals surface area contributed by atoms with Gasteiger partial charge in [0.25, 0.3) is 5.56 Å². The standard InChI is InChI=1S/C24H17F4N3O2S/c25-19-9-6-17(7-10-19)20-15-34-23(29-20)31(12-16-4-2-1-3-5-16)22(33)14-30-13-18(24(26,27)28)8-11-21(30)32/h1-11,13,15H,12,14H2. The average Bonchev–Trinajstić information content (AvgIpc) is 3.29. The molecule has 0 aliphatic rings. The van der Waals surface area contributed by atoms with Gasteiger partial charge in [-0.05, 0) is 35.9 Å². The molecule has 0 aliphatic heterocycles. The zero-order chi connectivity index (χ0) is 24.3. The molecule has 0 N–H and O–H groups in total. The van der Waals surface area contributed by atoms with Gasteiger partial charge in [0, 0.05) is 23.2 Å². The highest BCUT2D eigenvalue weighted by atomic mass is 32.1. The number of hydrogen-bond acceptors (Lipinski definition) is 4. The third-order valence-corrected chi connectivity index (χ3v) is 5.83. The summed E-state index contributed by atoms with van der Waals surface area (Å²) in [6.07, 6.45) is -4.02. The largest absolute Gasteiger partial charge is 0.417 e. The Balaban J connectivity index is 1.66. The summed E-state index contributed by atoms with van der Waals surface area (Å²) in [5.74, 6) is -1.00. The number of nitrogens with zero attached hydrogens (tertiary/aromatic N) is 3. The van der Waals surface area contributed by atoms with Gasteiger partial charge in [0.2, 0.25) is 5.91 Å². The molecule has 0 bridgehead atoms. The van der Waals surface area contributed by atoms with E-state index in [-0.39, 0.29) is 6.54 Å². The minimum absolute atomic E-state index is 0.101. The van der Waals surface area contributed by atoms with Crippen LogP contribution in [-0.4, -0.2) is 15.5 Å². The second-order valence-electron chi connectivity index (χ2n) is 7.37. The fraction of sp³-hybridized carbons (Fsp3) is 0.125. The summed E-state index contributed by atoms with van der Waals surface area (Å²) in [4.78, 5) is 31.2. The monoisotopic (exact) mass is 487 g/mol. The quantitative estimate of drug-likeness (QED) is 0.344. The molecule has 174 valence electrons. The fourth-order valence-electron chi connectivity index (χ4n) is 3.22. The first-order valence-electron chi connectivity index (χ1n) is 10.0. The van der Waals surface area contributed by atoms with E-state index in [1.54, 1.807) is 41.8 Å². The predicted octanol–water partition coefficient (Wildman–Crippen LogP) is 5.36. The van der Waals surface area contributed by atoms with Crippen molar-refractivity contribution in [1.29, 1.82) is 0 Å². The highest BCUT2D eigenvalue weighted by Crippen LogP contribution is 2.30. The van der Waals surface area contributed by atoms with Gasteiger partial charge >= 0.3 is 6.18 Å². The minimum atomic E-state index is -4.65. The van der Waals surface area contributed by atoms with Crippen molar-refractivity contribution in [3.05, 3.63) is 106 Å². The molecule has 5 nitrogen and oxygen atoms in total. The molecule has 0 fully saturated rings. The molecule has 2 aromatic carbocycles. The lowest BCUT2D eigenvalue weighted by Gasteiger charge is -2.21. The SMILES string of the molecule is O=C(Cn1cc(C(F)(F)F)ccc1=O)N(Cc1ccccc1)c1nc(-c2ccc(F)cc2)cs1. The van der Waals surface area contributed by atoms with Crippen LogP contribution in [0.15, 0.2) is 83.1 Å². The first kappa shape index (κ1) is 23.4. The Bertz CT molecular complexity index is 1350. The number of rotatable bonds is 6. The number of alkyl halides is 3. The van der Waals surface area contributed by atoms with Gasteiger partial charge in [-0.1, -0.05) is 30.3 Å². The first-order chi connectivity index (χ1) is 16.2. The van der Waals surface area contributed by atoms with Crippen LogP contribution in [0.1, 0.15) is 11.1 Å². The third-order valence-electron chi connectivity index (χ3n) is 4.96. The topological polar surface area (TPSA) is 55.2 Å². The predicted molar refractivity (Wildman–Crippen MR) is 121 cm³/mol. The normalized spacial score (nSPS) is 11.4. The minimum Gasteiger partial charge on any atom is -0.305 e. The van der Waals surface area contributed by atoms with Gasteiger partial charge in [0.05, 0.1) is 17.8 Å². The molecule has 10 heteroatoms. The van der Waals surface area contributed by atoms with E-state index in [0.29, 0.717) is 28.7 Å². The summed E-state index contributed by atoms with van der Waals surface area (Å²) in [6, 6.07) is 16.2. The highest BCUT2D eigenvalue weighted by molar-refractivity contribution is 7.14. The fourth-order valence-corrected chi connectivity index (χ4v) is 4.07. The van der Waals surface area contributed by atoms with Crippen LogP contribution in [0, 0.1) is 5.82 Å². The Morgan fingerprint density at radius 3 is 2.38 bits per heavy atom. The van der Waals surface area contributed by atoms with Gasteiger partial charge in [-0.3, -0.25) is 14.5 Å². The van der Waals surface area contributed by atoms with Crippen molar-refractivity contribution in [3.63, 3.8) is 0 Å². The van der Waals surface area contributed by atoms with Crippen LogP contribution >= 0.6 is 11.3 Å². The molecule has 2 heterocycles. The Morgan fingerprint density at radius 2 is 1.71 bits per heavy atom. The van der Waals surface area contributed by atoms with Gasteiger partial charge in [-0.15, -0.1) is 11.3 Å². The molecule has 0 atom stereocenters. The molecule has 0 aliphatic carbocycles. The van der Waals surface area contributed by atoms with E-state index in [2.05, 4.69) is 4.98 Å². The van der Waals surface area contributed by atoms with E-state index in [9.17, 15) is 27.2 Å². The summed E-state index contributed by atoms with van der Waals surface area (Å²) in [7, 11) is 0. The van der Waals surface area contributed by atoms with Crippen LogP contribution < -0.4 is 10.5 Å². The third kappa shape index (κ3) is 5.40. The Morgan fingerprint density at radius 1 is 1.00 bits per heavy atom. The smallest absolute Gasteiger partial charge is 0.305 e. The zero-order valence-corrected chi connectivity index (χ0v) is 18.3. The van der Waals surface area contributed by atoms with E-state index >= 15 is 0 Å². The number of hydrogen-bond donors (Lipinski definition) is 0. The summed E-state index contributed by atoms with van der Waals surface area (Å²) in [5, 5.41) is 2.00. The molecule has 0 spiro atoms. The Labute approximate surface area is 195 Å². The number of pyridine rings is 1. The van der Waals surface area contributed by atoms with E-state index in [0.717, 1.165) is 27.5 Å². The lowest BCUT2D eigenvalue weighted by molar-refractivity contribution is -0.138. The molecule has 0 radical (unpaired) electrons. The number of carbonyl (C=O) groups excluding carboxylic acids is 1. The van der Waals surface area contributed by atoms with Crippen molar-refractivity contribution in [2.24, 2.45) is 0 Å². The molecular formula is C24H17F4N3O2S. The van der Waals surface area contributed by atoms with E-state index in [4.69, 9.17) is 0 Å². The lowest BCUT2D eigenvalue weighted by atomic mass is 10.2. The van der Waals surface area contributed by atoms with Crippen molar-refractivity contribution in [2.75, 3.05) is 4.90 Å². The highest BCUT2D eigenvalue weighted by Gasteiger charge is 2.31. The van der Waals surface area contributed by atoms with Crippen LogP contribution in [-0.2, 0) is 24.1 Å². The Hall–Kier alpha value is -3.79. The molecule has 4 rings (SSSR count). The van der Waals surface area contributed by atoms with Crippen molar-refractivity contribution in [3.8, 4) is 11.3 Å². The van der Waals surface area contributed by atoms with Gasteiger partial charge in [0.1, 0.15) is 12.4 Å². The van der Waals surface area contributed by atoms with Gasteiger partial charge in [0.15, 0.2) is 5.13 Å². The molecule has 2 aromatic heterocycles. The maximum absolute atomic E-state index is 13.3. The number of amides is 1. The number of benzene rings is 2. The summed E-state index contributed by atoms with van der Waals surface area (Å²) >= 11 is 1.16. The number of carbonyl (C=O) groups is 1. The second kappa shape index (κ2) is 9.60. The number of halogens is 4. The van der Waals surface area contributed by atoms with Crippen molar-refractivity contribution >= 4 is 22.4 Å². The van der Waals surface area contributed by atoms with Crippen LogP contribution in [0.4, 0.5) is 22.7 Å². The summed E-state index contributed by atoms with van der Waals surface area (Å²) < 4.78 is 53.3. The van der Waals surface area contributed by atoms with Crippen molar-refractivity contribution in [2.45, 2.75) is 19.3 Å². The average molecular weight is 487 g/mol. The van der Waals surface area contributed by atoms with E-state index < -0.39 is 35.6 Å². The van der Waals surface area contributed by atoms with E-state index in [1.807, 2.05) is 6.07 Å². The van der Waals surface area contributed by atoms with Gasteiger partial charge in [-0.25, -0.2) is 9.37 Å². The number of thiazole rings is 1. The molecular weight excluding hydrogens is 470 g/mol. The molecule has 1 amide bonds. The van der Waals surface area contributed by atoms with Crippen molar-refractivity contribution in [1.82, 2.24) is 9.55 Å². The maximum Gasteiger partial charge on any atom is 0.417 e.